The second-order valence-corrected chi connectivity index (χ2v) is 15.1. The summed E-state index contributed by atoms with van der Waals surface area (Å²) in [5.41, 5.74) is 1.35. The average Bonchev–Trinajstić information content (AvgIpc) is 2.82. The first-order chi connectivity index (χ1) is 9.59. The minimum absolute atomic E-state index is 0.863. The molecule has 0 unspecified atom stereocenters. The molecule has 3 nitrogen and oxygen atoms in total. The molecule has 1 aromatic heterocycles. The summed E-state index contributed by atoms with van der Waals surface area (Å²) in [5, 5.41) is 8.32. The third kappa shape index (κ3) is 8.51. The van der Waals surface area contributed by atoms with Gasteiger partial charge in [-0.2, -0.15) is 0 Å². The second-order valence-electron chi connectivity index (χ2n) is 6.83. The fraction of sp³-hybridized carbons (Fsp3) is 0.875. The number of aryl methyl sites for hydroxylation is 2. The zero-order valence-corrected chi connectivity index (χ0v) is 16.8. The number of unbranched alkanes of at least 4 members (excludes halogenated alkanes) is 4. The molecule has 0 bridgehead atoms. The Hall–Kier alpha value is 0.244. The van der Waals surface area contributed by atoms with Gasteiger partial charge in [0.05, 0.1) is 0 Å². The maximum absolute atomic E-state index is 4.24. The summed E-state index contributed by atoms with van der Waals surface area (Å²) in [6.45, 7) is 5.74. The summed E-state index contributed by atoms with van der Waals surface area (Å²) in [6.07, 6.45) is 11.3. The average molecular weight is 355 g/mol. The molecule has 20 heavy (non-hydrogen) atoms. The Morgan fingerprint density at radius 2 is 1.80 bits per heavy atom. The predicted octanol–water partition coefficient (Wildman–Crippen LogP) is 4.95. The minimum atomic E-state index is -1.10. The topological polar surface area (TPSA) is 30.7 Å². The van der Waals surface area contributed by atoms with E-state index in [1.807, 2.05) is 6.20 Å². The molecule has 0 N–H and O–H groups in total. The first-order valence-electron chi connectivity index (χ1n) is 8.47. The molecule has 114 valence electrons. The van der Waals surface area contributed by atoms with Crippen molar-refractivity contribution >= 4 is 0 Å². The molecule has 0 aliphatic heterocycles. The van der Waals surface area contributed by atoms with Crippen molar-refractivity contribution in [3.8, 4) is 0 Å². The van der Waals surface area contributed by atoms with Crippen LogP contribution in [-0.4, -0.2) is 15.0 Å². The molecule has 0 aromatic carbocycles. The molecule has 4 heteroatoms. The molecule has 0 radical (unpaired) electrons. The molecule has 0 saturated carbocycles. The Kier molecular flexibility index (Phi) is 9.97. The molecular weight excluding hydrogens is 323 g/mol. The third-order valence-corrected chi connectivity index (χ3v) is 7.30. The van der Waals surface area contributed by atoms with E-state index < -0.39 is 27.4 Å². The van der Waals surface area contributed by atoms with Crippen LogP contribution in [0.15, 0.2) is 6.20 Å². The molecule has 0 atom stereocenters. The van der Waals surface area contributed by atoms with Gasteiger partial charge in [-0.25, -0.2) is 0 Å². The molecule has 1 rings (SSSR count). The van der Waals surface area contributed by atoms with Gasteiger partial charge < -0.3 is 0 Å². The molecule has 0 aliphatic rings. The molecule has 1 aromatic rings. The molecular formula is C16H32N3Y. The van der Waals surface area contributed by atoms with Gasteiger partial charge in [0.2, 0.25) is 0 Å². The third-order valence-electron chi connectivity index (χ3n) is 3.83. The summed E-state index contributed by atoms with van der Waals surface area (Å²) in [5.74, 6) is 0.863. The van der Waals surface area contributed by atoms with E-state index >= 15 is 0 Å². The Bertz CT molecular complexity index is 347. The molecule has 0 fully saturated rings. The van der Waals surface area contributed by atoms with Crippen LogP contribution in [0.25, 0.3) is 0 Å². The van der Waals surface area contributed by atoms with Crippen molar-refractivity contribution in [2.24, 2.45) is 5.92 Å². The number of nitrogens with zero attached hydrogens (tertiary/aromatic N) is 3. The normalized spacial score (nSPS) is 11.2. The SMILES string of the molecule is CC(C)CCCCCCCc1cnnn1C[CH2][Y]([CH3])[CH3]. The summed E-state index contributed by atoms with van der Waals surface area (Å²) in [7, 11) is 0. The van der Waals surface area contributed by atoms with Crippen molar-refractivity contribution in [2.45, 2.75) is 76.0 Å². The van der Waals surface area contributed by atoms with E-state index in [0.29, 0.717) is 0 Å². The molecule has 0 saturated heterocycles. The van der Waals surface area contributed by atoms with E-state index in [-0.39, 0.29) is 0 Å². The van der Waals surface area contributed by atoms with Crippen LogP contribution in [0.2, 0.25) is 10.7 Å². The van der Waals surface area contributed by atoms with Crippen molar-refractivity contribution in [3.63, 3.8) is 0 Å². The van der Waals surface area contributed by atoms with Gasteiger partial charge in [0.25, 0.3) is 0 Å². The summed E-state index contributed by atoms with van der Waals surface area (Å²) < 4.78 is 8.48. The van der Waals surface area contributed by atoms with E-state index in [2.05, 4.69) is 36.3 Å². The van der Waals surface area contributed by atoms with Gasteiger partial charge in [-0.15, -0.1) is 0 Å². The van der Waals surface area contributed by atoms with E-state index in [1.54, 1.807) is 0 Å². The molecule has 1 heterocycles. The zero-order valence-electron chi connectivity index (χ0n) is 13.9. The number of hydrogen-bond donors (Lipinski definition) is 0. The molecule has 0 aliphatic carbocycles. The van der Waals surface area contributed by atoms with E-state index in [9.17, 15) is 0 Å². The van der Waals surface area contributed by atoms with Crippen molar-refractivity contribution in [3.05, 3.63) is 11.9 Å². The molecule has 0 amide bonds. The van der Waals surface area contributed by atoms with Gasteiger partial charge in [-0.3, -0.25) is 0 Å². The zero-order chi connectivity index (χ0) is 14.8. The fourth-order valence-corrected chi connectivity index (χ4v) is 4.30. The van der Waals surface area contributed by atoms with Crippen molar-refractivity contribution in [1.82, 2.24) is 15.0 Å². The van der Waals surface area contributed by atoms with Gasteiger partial charge in [0, 0.05) is 0 Å². The monoisotopic (exact) mass is 355 g/mol. The van der Waals surface area contributed by atoms with Crippen LogP contribution in [0.5, 0.6) is 0 Å². The first kappa shape index (κ1) is 18.3. The van der Waals surface area contributed by atoms with E-state index in [1.165, 1.54) is 47.5 Å². The Balaban J connectivity index is 2.11. The first-order valence-corrected chi connectivity index (χ1v) is 16.1. The van der Waals surface area contributed by atoms with Gasteiger partial charge >= 0.3 is 122 Å². The number of hydrogen-bond acceptors (Lipinski definition) is 2. The van der Waals surface area contributed by atoms with Crippen molar-refractivity contribution in [1.29, 1.82) is 0 Å². The van der Waals surface area contributed by atoms with Crippen LogP contribution in [-0.2, 0) is 40.4 Å². The molecule has 0 spiro atoms. The van der Waals surface area contributed by atoms with Crippen LogP contribution in [0, 0.1) is 5.92 Å². The van der Waals surface area contributed by atoms with Crippen molar-refractivity contribution < 1.29 is 27.4 Å². The summed E-state index contributed by atoms with van der Waals surface area (Å²) in [6, 6.07) is 0. The quantitative estimate of drug-likeness (QED) is 0.526. The van der Waals surface area contributed by atoms with Crippen LogP contribution in [0.4, 0.5) is 0 Å². The van der Waals surface area contributed by atoms with Gasteiger partial charge in [0.1, 0.15) is 0 Å². The Labute approximate surface area is 135 Å². The second kappa shape index (κ2) is 10.9. The number of aromatic nitrogens is 3. The van der Waals surface area contributed by atoms with E-state index in [0.717, 1.165) is 18.9 Å². The summed E-state index contributed by atoms with van der Waals surface area (Å²) >= 11 is -1.10. The van der Waals surface area contributed by atoms with Gasteiger partial charge in [-0.05, 0) is 0 Å². The standard InChI is InChI=1S/C14H26N3.2CH3.Y/c1-4-17-14(12-15-16-17)11-9-7-5-6-8-10-13(2)3;;;/h12-13H,1,4-11H2,2-3H3;2*1H3;. The maximum atomic E-state index is 4.24. The van der Waals surface area contributed by atoms with Gasteiger partial charge in [-0.1, -0.05) is 13.8 Å². The van der Waals surface area contributed by atoms with Crippen molar-refractivity contribution in [2.75, 3.05) is 0 Å². The van der Waals surface area contributed by atoms with Gasteiger partial charge in [0.15, 0.2) is 0 Å². The van der Waals surface area contributed by atoms with Crippen LogP contribution >= 0.6 is 0 Å². The number of rotatable bonds is 11. The van der Waals surface area contributed by atoms with Crippen LogP contribution in [0.3, 0.4) is 0 Å². The fourth-order valence-electron chi connectivity index (χ4n) is 2.43. The Morgan fingerprint density at radius 1 is 1.10 bits per heavy atom. The summed E-state index contributed by atoms with van der Waals surface area (Å²) in [4.78, 5) is 0. The van der Waals surface area contributed by atoms with E-state index in [4.69, 9.17) is 0 Å². The predicted molar refractivity (Wildman–Crippen MR) is 82.8 cm³/mol. The van der Waals surface area contributed by atoms with Crippen LogP contribution in [0.1, 0.15) is 58.1 Å². The van der Waals surface area contributed by atoms with Crippen LogP contribution < -0.4 is 0 Å². The Morgan fingerprint density at radius 3 is 2.50 bits per heavy atom.